The highest BCUT2D eigenvalue weighted by Crippen LogP contribution is 2.41. The third-order valence-electron chi connectivity index (χ3n) is 5.44. The predicted octanol–water partition coefficient (Wildman–Crippen LogP) is 4.44. The van der Waals surface area contributed by atoms with E-state index in [2.05, 4.69) is 29.1 Å². The van der Waals surface area contributed by atoms with E-state index in [0.717, 1.165) is 11.1 Å². The summed E-state index contributed by atoms with van der Waals surface area (Å²) in [5.74, 6) is -1.01. The minimum Gasteiger partial charge on any atom is -0.219 e. The quantitative estimate of drug-likeness (QED) is 0.577. The molecule has 2 aromatic carbocycles. The summed E-state index contributed by atoms with van der Waals surface area (Å²) in [5.41, 5.74) is 1.90. The Balaban J connectivity index is 1.94. The Morgan fingerprint density at radius 2 is 1.27 bits per heavy atom. The van der Waals surface area contributed by atoms with Crippen LogP contribution in [0.2, 0.25) is 0 Å². The number of rotatable bonds is 6. The van der Waals surface area contributed by atoms with Crippen molar-refractivity contribution in [2.24, 2.45) is 11.8 Å². The Bertz CT molecular complexity index is 1180. The molecule has 1 aliphatic heterocycles. The largest absolute Gasteiger partial charge is 0.243 e. The van der Waals surface area contributed by atoms with Crippen molar-refractivity contribution in [3.63, 3.8) is 0 Å². The molecule has 0 spiro atoms. The van der Waals surface area contributed by atoms with E-state index < -0.39 is 31.7 Å². The SMILES string of the molecule is C=C(Br)[C@@H]1CN(S(=O)(=O)c2ccc(C)cc2)C[C@H]1C(=C)S(=O)(=O)c1ccc(C)cc1. The van der Waals surface area contributed by atoms with Gasteiger partial charge in [-0.05, 0) is 42.6 Å². The van der Waals surface area contributed by atoms with Crippen LogP contribution in [0.4, 0.5) is 0 Å². The van der Waals surface area contributed by atoms with Crippen LogP contribution >= 0.6 is 15.9 Å². The van der Waals surface area contributed by atoms with Gasteiger partial charge < -0.3 is 0 Å². The lowest BCUT2D eigenvalue weighted by molar-refractivity contribution is 0.466. The number of halogens is 1. The molecule has 0 bridgehead atoms. The van der Waals surface area contributed by atoms with Crippen LogP contribution in [0.25, 0.3) is 0 Å². The van der Waals surface area contributed by atoms with Crippen molar-refractivity contribution in [3.8, 4) is 0 Å². The molecule has 5 nitrogen and oxygen atoms in total. The van der Waals surface area contributed by atoms with Crippen molar-refractivity contribution in [2.75, 3.05) is 13.1 Å². The van der Waals surface area contributed by atoms with E-state index in [1.54, 1.807) is 48.5 Å². The van der Waals surface area contributed by atoms with Crippen molar-refractivity contribution in [1.82, 2.24) is 4.31 Å². The van der Waals surface area contributed by atoms with E-state index in [4.69, 9.17) is 0 Å². The van der Waals surface area contributed by atoms with Crippen molar-refractivity contribution in [1.29, 1.82) is 0 Å². The Hall–Kier alpha value is -1.74. The lowest BCUT2D eigenvalue weighted by atomic mass is 9.96. The number of aryl methyl sites for hydroxylation is 2. The van der Waals surface area contributed by atoms with Crippen LogP contribution in [-0.2, 0) is 19.9 Å². The highest BCUT2D eigenvalue weighted by molar-refractivity contribution is 9.11. The van der Waals surface area contributed by atoms with E-state index in [1.807, 2.05) is 13.8 Å². The third kappa shape index (κ3) is 4.32. The van der Waals surface area contributed by atoms with Gasteiger partial charge in [0.1, 0.15) is 0 Å². The fourth-order valence-corrected chi connectivity index (χ4v) is 6.93. The Morgan fingerprint density at radius 3 is 1.73 bits per heavy atom. The molecule has 0 radical (unpaired) electrons. The fraction of sp³-hybridized carbons (Fsp3) is 0.273. The first-order chi connectivity index (χ1) is 13.9. The molecule has 1 fully saturated rings. The molecule has 0 aromatic heterocycles. The summed E-state index contributed by atoms with van der Waals surface area (Å²) in [4.78, 5) is 0.329. The van der Waals surface area contributed by atoms with Crippen LogP contribution in [-0.4, -0.2) is 34.2 Å². The number of sulfonamides is 1. The van der Waals surface area contributed by atoms with Crippen LogP contribution in [0.15, 0.2) is 80.9 Å². The number of benzene rings is 2. The summed E-state index contributed by atoms with van der Waals surface area (Å²) in [5, 5.41) is 0. The smallest absolute Gasteiger partial charge is 0.219 e. The van der Waals surface area contributed by atoms with Gasteiger partial charge >= 0.3 is 0 Å². The third-order valence-corrected chi connectivity index (χ3v) is 9.76. The Labute approximate surface area is 187 Å². The standard InChI is InChI=1S/C22H24BrNO4S2/c1-15-5-9-19(10-6-15)29(25,26)18(4)22-14-24(13-21(22)17(3)23)30(27,28)20-11-7-16(2)8-12-20/h5-12,21-22H,3-4,13-14H2,1-2H3/t21-,22-/m0/s1. The molecule has 30 heavy (non-hydrogen) atoms. The average molecular weight is 510 g/mol. The summed E-state index contributed by atoms with van der Waals surface area (Å²) in [6.07, 6.45) is 0. The van der Waals surface area contributed by atoms with Crippen LogP contribution < -0.4 is 0 Å². The molecular weight excluding hydrogens is 486 g/mol. The summed E-state index contributed by atoms with van der Waals surface area (Å²) in [6, 6.07) is 13.1. The molecule has 2 atom stereocenters. The van der Waals surface area contributed by atoms with Gasteiger partial charge in [0.25, 0.3) is 0 Å². The minimum absolute atomic E-state index is 0.00133. The second-order valence-electron chi connectivity index (χ2n) is 7.58. The first-order valence-corrected chi connectivity index (χ1v) is 13.1. The lowest BCUT2D eigenvalue weighted by Crippen LogP contribution is -2.29. The fourth-order valence-electron chi connectivity index (χ4n) is 3.53. The van der Waals surface area contributed by atoms with Gasteiger partial charge in [-0.2, -0.15) is 4.31 Å². The number of sulfone groups is 1. The van der Waals surface area contributed by atoms with Crippen LogP contribution in [0.5, 0.6) is 0 Å². The van der Waals surface area contributed by atoms with Crippen LogP contribution in [0.1, 0.15) is 11.1 Å². The second kappa shape index (κ2) is 8.42. The maximum absolute atomic E-state index is 13.1. The lowest BCUT2D eigenvalue weighted by Gasteiger charge is -2.20. The monoisotopic (exact) mass is 509 g/mol. The molecule has 0 amide bonds. The maximum atomic E-state index is 13.1. The second-order valence-corrected chi connectivity index (χ2v) is 12.5. The van der Waals surface area contributed by atoms with Crippen LogP contribution in [0.3, 0.4) is 0 Å². The first-order valence-electron chi connectivity index (χ1n) is 9.36. The predicted molar refractivity (Wildman–Crippen MR) is 122 cm³/mol. The molecule has 1 saturated heterocycles. The van der Waals surface area contributed by atoms with Gasteiger partial charge in [-0.1, -0.05) is 64.5 Å². The Morgan fingerprint density at radius 1 is 0.833 bits per heavy atom. The van der Waals surface area contributed by atoms with E-state index in [0.29, 0.717) is 4.48 Å². The highest BCUT2D eigenvalue weighted by Gasteiger charge is 2.44. The summed E-state index contributed by atoms with van der Waals surface area (Å²) in [6.45, 7) is 11.7. The zero-order chi connectivity index (χ0) is 22.3. The van der Waals surface area contributed by atoms with Gasteiger partial charge in [-0.3, -0.25) is 0 Å². The number of nitrogens with zero attached hydrogens (tertiary/aromatic N) is 1. The van der Waals surface area contributed by atoms with Gasteiger partial charge in [0.15, 0.2) is 0 Å². The molecule has 3 rings (SSSR count). The minimum atomic E-state index is -3.82. The van der Waals surface area contributed by atoms with Gasteiger partial charge in [-0.25, -0.2) is 16.8 Å². The normalized spacial score (nSPS) is 20.2. The van der Waals surface area contributed by atoms with E-state index in [9.17, 15) is 16.8 Å². The molecule has 2 aromatic rings. The van der Waals surface area contributed by atoms with Gasteiger partial charge in [0, 0.05) is 29.8 Å². The molecule has 0 aliphatic carbocycles. The molecular formula is C22H24BrNO4S2. The maximum Gasteiger partial charge on any atom is 0.243 e. The number of hydrogen-bond donors (Lipinski definition) is 0. The number of hydrogen-bond acceptors (Lipinski definition) is 4. The highest BCUT2D eigenvalue weighted by atomic mass is 79.9. The van der Waals surface area contributed by atoms with Crippen molar-refractivity contribution in [3.05, 3.63) is 82.2 Å². The van der Waals surface area contributed by atoms with E-state index >= 15 is 0 Å². The van der Waals surface area contributed by atoms with Crippen LogP contribution in [0, 0.1) is 25.7 Å². The molecule has 0 saturated carbocycles. The average Bonchev–Trinajstić information content (AvgIpc) is 3.14. The topological polar surface area (TPSA) is 71.5 Å². The first kappa shape index (κ1) is 22.9. The van der Waals surface area contributed by atoms with Gasteiger partial charge in [-0.15, -0.1) is 0 Å². The van der Waals surface area contributed by atoms with Crippen molar-refractivity contribution < 1.29 is 16.8 Å². The summed E-state index contributed by atoms with van der Waals surface area (Å²) in [7, 11) is -7.59. The van der Waals surface area contributed by atoms with E-state index in [1.165, 1.54) is 4.31 Å². The zero-order valence-corrected chi connectivity index (χ0v) is 20.1. The molecule has 0 unspecified atom stereocenters. The zero-order valence-electron chi connectivity index (χ0n) is 16.9. The molecule has 8 heteroatoms. The van der Waals surface area contributed by atoms with Gasteiger partial charge in [0.2, 0.25) is 19.9 Å². The Kier molecular flexibility index (Phi) is 6.43. The summed E-state index contributed by atoms with van der Waals surface area (Å²) >= 11 is 3.35. The molecule has 1 heterocycles. The molecule has 0 N–H and O–H groups in total. The van der Waals surface area contributed by atoms with Gasteiger partial charge in [0.05, 0.1) is 9.79 Å². The van der Waals surface area contributed by atoms with E-state index in [-0.39, 0.29) is 27.8 Å². The van der Waals surface area contributed by atoms with Crippen molar-refractivity contribution in [2.45, 2.75) is 23.6 Å². The summed E-state index contributed by atoms with van der Waals surface area (Å²) < 4.78 is 54.4. The molecule has 1 aliphatic rings. The molecule has 160 valence electrons. The van der Waals surface area contributed by atoms with Crippen molar-refractivity contribution >= 4 is 35.8 Å².